The number of aliphatic carboxylic acids is 4. The van der Waals surface area contributed by atoms with Gasteiger partial charge in [0.1, 0.15) is 102 Å². The highest BCUT2D eigenvalue weighted by atomic mass is 16.4. The van der Waals surface area contributed by atoms with E-state index >= 15 is 0 Å². The fraction of sp³-hybridized carbons (Fsp3) is 0.536. The molecule has 3 aromatic rings. The minimum absolute atomic E-state index is 0.0130. The number of aromatic hydroxyl groups is 2. The first kappa shape index (κ1) is 119. The van der Waals surface area contributed by atoms with Crippen LogP contribution in [0.15, 0.2) is 61.1 Å². The average molecular weight is 2000 g/mol. The summed E-state index contributed by atoms with van der Waals surface area (Å²) in [6.45, 7) is 7.25. The van der Waals surface area contributed by atoms with Gasteiger partial charge in [-0.25, -0.2) is 9.78 Å². The quantitative estimate of drug-likeness (QED) is 0.0142. The number of carbonyl (C=O) groups excluding carboxylic acids is 18. The van der Waals surface area contributed by atoms with Crippen molar-refractivity contribution in [3.8, 4) is 11.5 Å². The third-order valence-corrected chi connectivity index (χ3v) is 20.8. The molecule has 0 aliphatic carbocycles. The van der Waals surface area contributed by atoms with Crippen LogP contribution in [-0.2, 0) is 125 Å². The molecule has 0 aliphatic heterocycles. The van der Waals surface area contributed by atoms with Crippen LogP contribution in [0.2, 0.25) is 0 Å². The molecule has 3 rings (SSSR count). The van der Waals surface area contributed by atoms with E-state index in [2.05, 4.69) is 89.7 Å². The number of phenols is 2. The van der Waals surface area contributed by atoms with Crippen LogP contribution in [0.3, 0.4) is 0 Å². The van der Waals surface area contributed by atoms with Crippen LogP contribution in [0.5, 0.6) is 11.5 Å². The number of guanidine groups is 2. The molecule has 0 fully saturated rings. The highest BCUT2D eigenvalue weighted by Crippen LogP contribution is 2.18. The zero-order valence-corrected chi connectivity index (χ0v) is 77.9. The number of rotatable bonds is 65. The van der Waals surface area contributed by atoms with Gasteiger partial charge in [-0.1, -0.05) is 38.1 Å². The van der Waals surface area contributed by atoms with Gasteiger partial charge in [-0.3, -0.25) is 112 Å². The minimum atomic E-state index is -2.38. The number of carbonyl (C=O) groups is 22. The number of hydrogen-bond acceptors (Lipinski definition) is 30. The van der Waals surface area contributed by atoms with Crippen LogP contribution >= 0.6 is 0 Å². The van der Waals surface area contributed by atoms with Crippen molar-refractivity contribution >= 4 is 142 Å². The molecule has 2 aromatic carbocycles. The third-order valence-electron chi connectivity index (χ3n) is 20.8. The average Bonchev–Trinajstić information content (AvgIpc) is 1.51. The van der Waals surface area contributed by atoms with Crippen molar-refractivity contribution in [3.63, 3.8) is 0 Å². The van der Waals surface area contributed by atoms with Crippen molar-refractivity contribution < 1.29 is 146 Å². The van der Waals surface area contributed by atoms with Crippen molar-refractivity contribution in [3.05, 3.63) is 77.9 Å². The molecule has 1 heterocycles. The molecule has 0 saturated carbocycles. The summed E-state index contributed by atoms with van der Waals surface area (Å²) in [5, 5.41) is 136. The number of primary amides is 3. The number of amides is 18. The number of nitrogens with two attached hydrogens (primary N) is 6. The van der Waals surface area contributed by atoms with Crippen LogP contribution < -0.4 is 125 Å². The molecule has 0 radical (unpaired) electrons. The molecule has 57 heteroatoms. The van der Waals surface area contributed by atoms with Crippen LogP contribution in [0.4, 0.5) is 0 Å². The smallest absolute Gasteiger partial charge is 0.326 e. The van der Waals surface area contributed by atoms with Gasteiger partial charge >= 0.3 is 23.9 Å². The summed E-state index contributed by atoms with van der Waals surface area (Å²) < 4.78 is 0. The van der Waals surface area contributed by atoms with Crippen molar-refractivity contribution in [2.45, 2.75) is 266 Å². The van der Waals surface area contributed by atoms with Gasteiger partial charge in [0.2, 0.25) is 106 Å². The van der Waals surface area contributed by atoms with Crippen molar-refractivity contribution in [1.82, 2.24) is 100 Å². The van der Waals surface area contributed by atoms with Gasteiger partial charge in [-0.05, 0) is 127 Å². The number of nitrogens with one attached hydrogen (secondary N) is 20. The molecule has 0 aliphatic rings. The number of imidazole rings is 1. The van der Waals surface area contributed by atoms with Crippen LogP contribution in [0, 0.1) is 16.7 Å². The van der Waals surface area contributed by atoms with E-state index in [0.717, 1.165) is 27.7 Å². The fourth-order valence-corrected chi connectivity index (χ4v) is 13.2. The van der Waals surface area contributed by atoms with E-state index in [4.69, 9.17) is 45.2 Å². The van der Waals surface area contributed by atoms with Crippen LogP contribution in [0.25, 0.3) is 0 Å². The Morgan fingerprint density at radius 1 is 0.348 bits per heavy atom. The van der Waals surface area contributed by atoms with Crippen molar-refractivity contribution in [2.24, 2.45) is 40.3 Å². The molecule has 40 N–H and O–H groups in total. The number of carboxylic acid groups (broad SMARTS) is 4. The largest absolute Gasteiger partial charge is 0.508 e. The molecule has 0 saturated heterocycles. The Balaban J connectivity index is 1.97. The van der Waals surface area contributed by atoms with E-state index in [1.165, 1.54) is 61.1 Å². The summed E-state index contributed by atoms with van der Waals surface area (Å²) in [6.07, 6.45) is -11.0. The second-order valence-corrected chi connectivity index (χ2v) is 33.3. The van der Waals surface area contributed by atoms with E-state index in [1.54, 1.807) is 13.8 Å². The molecule has 778 valence electrons. The number of hydrogen-bond donors (Lipinski definition) is 34. The number of carboxylic acids is 4. The maximum Gasteiger partial charge on any atom is 0.326 e. The Hall–Kier alpha value is -16.0. The number of benzene rings is 2. The SMILES string of the molecule is CC(C)C[C@H](NC(=O)[C@H](Cc1ccc(O)cc1)NC(=O)[C@H](CCCNC(=N)N)NC(=O)[C@H](CCC(N)=O)NC(=O)[C@@H](N)CCCNC(=N)N)C(=O)N[C@@H](Cc1ccc(O)cc1)C(=O)N[C@H](C(=O)N[C@@H](CC(=O)O)C(=O)N[C@@H](CC(=O)O)C(=O)N[C@@H](C)C(=O)N[C@@H](CCC(N)=O)C(=O)N[C@@H](CCC(N)=O)C(=O)N[C@H](C(=O)N[C@@H](CCC(=O)O)C(=O)N[C@@H](C)C(=O)N[C@@H](Cc1cnc[nH]1)C(=O)O)[C@@H](C)O)[C@@H](C)O. The second-order valence-electron chi connectivity index (χ2n) is 33.3. The van der Waals surface area contributed by atoms with Gasteiger partial charge in [-0.2, -0.15) is 0 Å². The van der Waals surface area contributed by atoms with Crippen LogP contribution in [0.1, 0.15) is 155 Å². The van der Waals surface area contributed by atoms with E-state index in [1.807, 2.05) is 10.6 Å². The summed E-state index contributed by atoms with van der Waals surface area (Å²) in [4.78, 5) is 304. The lowest BCUT2D eigenvalue weighted by molar-refractivity contribution is -0.144. The van der Waals surface area contributed by atoms with Crippen molar-refractivity contribution in [1.29, 1.82) is 10.8 Å². The van der Waals surface area contributed by atoms with E-state index in [9.17, 15) is 146 Å². The number of aromatic nitrogens is 2. The zero-order chi connectivity index (χ0) is 106. The van der Waals surface area contributed by atoms with E-state index in [-0.39, 0.29) is 80.2 Å². The van der Waals surface area contributed by atoms with Crippen molar-refractivity contribution in [2.75, 3.05) is 13.1 Å². The summed E-state index contributed by atoms with van der Waals surface area (Å²) in [7, 11) is 0. The lowest BCUT2D eigenvalue weighted by Gasteiger charge is -2.29. The molecule has 141 heavy (non-hydrogen) atoms. The molecule has 0 unspecified atom stereocenters. The molecule has 1 aromatic heterocycles. The normalized spacial score (nSPS) is 14.8. The number of aliphatic hydroxyl groups is 2. The second kappa shape index (κ2) is 59.9. The van der Waals surface area contributed by atoms with Gasteiger partial charge in [0, 0.05) is 69.9 Å². The number of aromatic amines is 1. The molecule has 57 nitrogen and oxygen atoms in total. The molecular weight excluding hydrogens is 1870 g/mol. The predicted molar refractivity (Wildman–Crippen MR) is 490 cm³/mol. The summed E-state index contributed by atoms with van der Waals surface area (Å²) in [5.41, 5.74) is 33.9. The minimum Gasteiger partial charge on any atom is -0.508 e. The summed E-state index contributed by atoms with van der Waals surface area (Å²) in [5.74, 6) is -30.7. The Labute approximate surface area is 805 Å². The van der Waals surface area contributed by atoms with E-state index < -0.39 is 328 Å². The molecule has 18 amide bonds. The highest BCUT2D eigenvalue weighted by Gasteiger charge is 2.41. The van der Waals surface area contributed by atoms with Gasteiger partial charge in [0.25, 0.3) is 0 Å². The van der Waals surface area contributed by atoms with Crippen LogP contribution in [-0.4, -0.2) is 315 Å². The Bertz CT molecular complexity index is 4890. The van der Waals surface area contributed by atoms with Gasteiger partial charge in [0.05, 0.1) is 37.4 Å². The van der Waals surface area contributed by atoms with E-state index in [0.29, 0.717) is 5.69 Å². The first-order valence-corrected chi connectivity index (χ1v) is 44.1. The standard InChI is InChI=1S/C84H127N27O30/c1-37(2)29-53(104-77(135)54(30-42-11-15-45(114)16-12-42)105-71(129)48(10-8-28-95-84(91)92)101-73(131)50(20-24-60(87)117)100-69(127)47(85)9-7-27-94-83(89)90)76(134)106-55(31-43-13-17-46(115)18-14-43)79(137)111-66(41(6)113)81(139)108-57(34-64(123)124)78(136)107-56(33-63(121)122)75(133)98-38(3)67(125)99-49(19-23-59(86)116)72(130)102-51(21-25-61(88)118)74(132)110-65(40(5)112)80(138)103-52(22-26-62(119)120)70(128)97-39(4)68(126)109-58(82(140)141)32-44-35-93-36-96-44/h11-18,35-41,47-58,65-66,112-115H,7-10,19-34,85H2,1-6H3,(H2,86,116)(H2,87,117)(H2,88,118)(H,93,96)(H,97,128)(H,98,133)(H,99,125)(H,100,127)(H,101,131)(H,102,130)(H,103,138)(H,104,135)(H,105,129)(H,106,134)(H,107,136)(H,108,139)(H,109,126)(H,110,132)(H,111,137)(H,119,120)(H,121,122)(H,123,124)(H,140,141)(H4,89,90,94)(H4,91,92,95)/t38-,39-,40+,41+,47-,48-,49-,50-,51-,52-,53-,54-,55-,56-,57-,58-,65-,66-/m0/s1. The summed E-state index contributed by atoms with van der Waals surface area (Å²) in [6, 6.07) is -19.4. The predicted octanol–water partition coefficient (Wildman–Crippen LogP) is -11.5. The molecular formula is C84H127N27O30. The lowest BCUT2D eigenvalue weighted by Crippen LogP contribution is -2.62. The maximum atomic E-state index is 14.9. The zero-order valence-electron chi connectivity index (χ0n) is 77.9. The molecule has 0 spiro atoms. The Morgan fingerprint density at radius 2 is 0.652 bits per heavy atom. The monoisotopic (exact) mass is 1990 g/mol. The Morgan fingerprint density at radius 3 is 1.02 bits per heavy atom. The third kappa shape index (κ3) is 45.7. The first-order chi connectivity index (χ1) is 66.0. The fourth-order valence-electron chi connectivity index (χ4n) is 13.2. The number of phenolic OH excluding ortho intramolecular Hbond substituents is 2. The maximum absolute atomic E-state index is 14.9. The lowest BCUT2D eigenvalue weighted by atomic mass is 9.99. The first-order valence-electron chi connectivity index (χ1n) is 44.1. The Kier molecular flexibility index (Phi) is 50.6. The van der Waals surface area contributed by atoms with Gasteiger partial charge in [0.15, 0.2) is 11.9 Å². The highest BCUT2D eigenvalue weighted by molar-refractivity contribution is 6.02. The van der Waals surface area contributed by atoms with Gasteiger partial charge in [-0.15, -0.1) is 0 Å². The number of nitrogens with zero attached hydrogens (tertiary/aromatic N) is 1. The topological polar surface area (TPSA) is 974 Å². The molecule has 0 bridgehead atoms. The number of H-pyrrole nitrogens is 1. The molecule has 18 atom stereocenters. The summed E-state index contributed by atoms with van der Waals surface area (Å²) >= 11 is 0. The van der Waals surface area contributed by atoms with Gasteiger partial charge < -0.3 is 171 Å². The number of aliphatic hydroxyl groups excluding tert-OH is 2.